The number of carbonyl (C=O) groups excluding carboxylic acids is 2. The topological polar surface area (TPSA) is 111 Å². The molecule has 0 aliphatic carbocycles. The van der Waals surface area contributed by atoms with Gasteiger partial charge in [-0.3, -0.25) is 9.69 Å². The number of hydrogen-bond donors (Lipinski definition) is 1. The first kappa shape index (κ1) is 30.6. The number of alkyl halides is 3. The smallest absolute Gasteiger partial charge is 0.497 e. The Bertz CT molecular complexity index is 1690. The number of nitrogens with zero attached hydrogens (tertiary/aromatic N) is 5. The summed E-state index contributed by atoms with van der Waals surface area (Å²) in [4.78, 5) is 35.4. The van der Waals surface area contributed by atoms with E-state index in [0.29, 0.717) is 33.7 Å². The van der Waals surface area contributed by atoms with E-state index in [1.165, 1.54) is 51.9 Å². The van der Waals surface area contributed by atoms with Crippen molar-refractivity contribution >= 4 is 34.6 Å². The Morgan fingerprint density at radius 1 is 1.07 bits per heavy atom. The molecule has 44 heavy (non-hydrogen) atoms. The second-order valence-corrected chi connectivity index (χ2v) is 10.8. The first-order valence-electron chi connectivity index (χ1n) is 13.4. The van der Waals surface area contributed by atoms with Gasteiger partial charge in [-0.25, -0.2) is 14.5 Å². The minimum absolute atomic E-state index is 0.105. The number of methoxy groups -OCH3 is 1. The van der Waals surface area contributed by atoms with Crippen LogP contribution in [0, 0.1) is 0 Å². The van der Waals surface area contributed by atoms with Gasteiger partial charge >= 0.3 is 12.4 Å². The Kier molecular flexibility index (Phi) is 8.90. The SMILES string of the molecule is COc1ccc(N2C(=O)CS/C2=N\C(=O)NCc2ccc(-c3ncn(-c4ccc(OC(F)(F)F)cc4)n3)cc2)c(C(C)C)c1. The molecular weight excluding hydrogens is 597 g/mol. The zero-order valence-electron chi connectivity index (χ0n) is 23.8. The number of amidine groups is 1. The fraction of sp³-hybridized carbons (Fsp3) is 0.233. The maximum absolute atomic E-state index is 12.8. The Morgan fingerprint density at radius 3 is 2.43 bits per heavy atom. The number of ether oxygens (including phenoxy) is 2. The number of carbonyl (C=O) groups is 2. The molecule has 1 fully saturated rings. The first-order valence-corrected chi connectivity index (χ1v) is 14.4. The second kappa shape index (κ2) is 12.8. The van der Waals surface area contributed by atoms with Crippen LogP contribution in [0.1, 0.15) is 30.9 Å². The van der Waals surface area contributed by atoms with E-state index in [-0.39, 0.29) is 29.9 Å². The number of thioether (sulfide) groups is 1. The van der Waals surface area contributed by atoms with Crippen molar-refractivity contribution in [3.05, 3.63) is 84.2 Å². The highest BCUT2D eigenvalue weighted by Gasteiger charge is 2.33. The molecule has 0 bridgehead atoms. The molecule has 0 unspecified atom stereocenters. The number of amides is 3. The lowest BCUT2D eigenvalue weighted by atomic mass is 10.00. The molecule has 14 heteroatoms. The average Bonchev–Trinajstić information content (AvgIpc) is 3.62. The van der Waals surface area contributed by atoms with Gasteiger partial charge in [0, 0.05) is 12.1 Å². The van der Waals surface area contributed by atoms with Crippen molar-refractivity contribution in [3.63, 3.8) is 0 Å². The molecule has 1 aliphatic heterocycles. The van der Waals surface area contributed by atoms with E-state index in [1.807, 2.05) is 19.9 Å². The summed E-state index contributed by atoms with van der Waals surface area (Å²) in [7, 11) is 1.58. The lowest BCUT2D eigenvalue weighted by Gasteiger charge is -2.22. The van der Waals surface area contributed by atoms with Crippen molar-refractivity contribution in [2.45, 2.75) is 32.7 Å². The number of urea groups is 1. The molecule has 1 N–H and O–H groups in total. The average molecular weight is 625 g/mol. The molecule has 3 amide bonds. The van der Waals surface area contributed by atoms with Gasteiger partial charge in [-0.1, -0.05) is 49.9 Å². The minimum Gasteiger partial charge on any atom is -0.497 e. The van der Waals surface area contributed by atoms with E-state index >= 15 is 0 Å². The summed E-state index contributed by atoms with van der Waals surface area (Å²) in [5, 5.41) is 7.46. The van der Waals surface area contributed by atoms with Gasteiger partial charge in [0.25, 0.3) is 0 Å². The zero-order valence-corrected chi connectivity index (χ0v) is 24.6. The van der Waals surface area contributed by atoms with Crippen LogP contribution in [0.3, 0.4) is 0 Å². The van der Waals surface area contributed by atoms with Crippen LogP contribution in [0.15, 0.2) is 78.0 Å². The molecular formula is C30H27F3N6O4S. The standard InChI is InChI=1S/C30H27F3N6O4S/c1-18(2)24-14-23(42-3)12-13-25(24)39-26(40)16-44-29(39)36-28(41)34-15-19-4-6-20(7-5-19)27-35-17-38(37-27)21-8-10-22(11-9-21)43-30(31,32)33/h4-14,17-18H,15-16H2,1-3H3,(H,34,41)/b36-29-. The predicted octanol–water partition coefficient (Wildman–Crippen LogP) is 6.31. The van der Waals surface area contributed by atoms with E-state index in [0.717, 1.165) is 11.1 Å². The Labute approximate surface area is 254 Å². The predicted molar refractivity (Wildman–Crippen MR) is 160 cm³/mol. The highest BCUT2D eigenvalue weighted by molar-refractivity contribution is 8.15. The van der Waals surface area contributed by atoms with Crippen molar-refractivity contribution in [3.8, 4) is 28.6 Å². The normalized spacial score (nSPS) is 14.4. The molecule has 2 heterocycles. The molecule has 1 aliphatic rings. The molecule has 228 valence electrons. The van der Waals surface area contributed by atoms with Crippen molar-refractivity contribution in [1.29, 1.82) is 0 Å². The van der Waals surface area contributed by atoms with Crippen LogP contribution in [0.4, 0.5) is 23.7 Å². The highest BCUT2D eigenvalue weighted by atomic mass is 32.2. The number of nitrogens with one attached hydrogen (secondary N) is 1. The molecule has 0 atom stereocenters. The molecule has 1 saturated heterocycles. The lowest BCUT2D eigenvalue weighted by molar-refractivity contribution is -0.274. The van der Waals surface area contributed by atoms with E-state index in [9.17, 15) is 22.8 Å². The molecule has 3 aromatic carbocycles. The summed E-state index contributed by atoms with van der Waals surface area (Å²) in [6.07, 6.45) is -3.32. The van der Waals surface area contributed by atoms with Crippen LogP contribution < -0.4 is 19.7 Å². The molecule has 0 saturated carbocycles. The largest absolute Gasteiger partial charge is 0.573 e. The van der Waals surface area contributed by atoms with Crippen LogP contribution in [-0.2, 0) is 11.3 Å². The summed E-state index contributed by atoms with van der Waals surface area (Å²) in [5.74, 6) is 0.877. The molecule has 0 radical (unpaired) electrons. The third-order valence-corrected chi connectivity index (χ3v) is 7.47. The van der Waals surface area contributed by atoms with Gasteiger partial charge < -0.3 is 14.8 Å². The van der Waals surface area contributed by atoms with Crippen molar-refractivity contribution in [2.24, 2.45) is 4.99 Å². The van der Waals surface area contributed by atoms with Crippen LogP contribution in [0.5, 0.6) is 11.5 Å². The third kappa shape index (κ3) is 7.19. The van der Waals surface area contributed by atoms with E-state index in [4.69, 9.17) is 4.74 Å². The number of benzene rings is 3. The monoisotopic (exact) mass is 624 g/mol. The molecule has 1 aromatic heterocycles. The number of anilines is 1. The Hall–Kier alpha value is -4.85. The van der Waals surface area contributed by atoms with E-state index < -0.39 is 12.4 Å². The Morgan fingerprint density at radius 2 is 1.77 bits per heavy atom. The van der Waals surface area contributed by atoms with Crippen LogP contribution in [-0.4, -0.2) is 51.1 Å². The summed E-state index contributed by atoms with van der Waals surface area (Å²) in [6, 6.07) is 17.3. The van der Waals surface area contributed by atoms with Gasteiger partial charge in [0.2, 0.25) is 5.91 Å². The van der Waals surface area contributed by atoms with Gasteiger partial charge in [-0.2, -0.15) is 4.99 Å². The van der Waals surface area contributed by atoms with Crippen LogP contribution in [0.25, 0.3) is 17.1 Å². The number of aromatic nitrogens is 3. The molecule has 5 rings (SSSR count). The maximum atomic E-state index is 12.8. The quantitative estimate of drug-likeness (QED) is 0.245. The van der Waals surface area contributed by atoms with Gasteiger partial charge in [-0.15, -0.1) is 18.3 Å². The summed E-state index contributed by atoms with van der Waals surface area (Å²) in [5.41, 5.74) is 3.58. The van der Waals surface area contributed by atoms with Crippen LogP contribution in [0.2, 0.25) is 0 Å². The number of aliphatic imine (C=N–C) groups is 1. The highest BCUT2D eigenvalue weighted by Crippen LogP contribution is 2.35. The second-order valence-electron chi connectivity index (χ2n) is 9.90. The summed E-state index contributed by atoms with van der Waals surface area (Å²) >= 11 is 1.20. The van der Waals surface area contributed by atoms with Crippen molar-refractivity contribution < 1.29 is 32.2 Å². The number of halogens is 3. The lowest BCUT2D eigenvalue weighted by Crippen LogP contribution is -2.32. The minimum atomic E-state index is -4.77. The van der Waals surface area contributed by atoms with Crippen molar-refractivity contribution in [2.75, 3.05) is 17.8 Å². The van der Waals surface area contributed by atoms with Gasteiger partial charge in [0.05, 0.1) is 24.2 Å². The molecule has 0 spiro atoms. The number of hydrogen-bond acceptors (Lipinski definition) is 7. The summed E-state index contributed by atoms with van der Waals surface area (Å²) in [6.45, 7) is 4.23. The zero-order chi connectivity index (χ0) is 31.4. The van der Waals surface area contributed by atoms with E-state index in [2.05, 4.69) is 25.1 Å². The van der Waals surface area contributed by atoms with Gasteiger partial charge in [0.1, 0.15) is 17.8 Å². The fourth-order valence-corrected chi connectivity index (χ4v) is 5.26. The van der Waals surface area contributed by atoms with Gasteiger partial charge in [-0.05, 0) is 59.5 Å². The number of rotatable bonds is 8. The van der Waals surface area contributed by atoms with Gasteiger partial charge in [0.15, 0.2) is 11.0 Å². The Balaban J connectivity index is 1.22. The molecule has 10 nitrogen and oxygen atoms in total. The molecule has 4 aromatic rings. The maximum Gasteiger partial charge on any atom is 0.573 e. The fourth-order valence-electron chi connectivity index (χ4n) is 4.40. The van der Waals surface area contributed by atoms with E-state index in [1.54, 1.807) is 43.5 Å². The third-order valence-electron chi connectivity index (χ3n) is 6.54. The van der Waals surface area contributed by atoms with Crippen molar-refractivity contribution in [1.82, 2.24) is 20.1 Å². The van der Waals surface area contributed by atoms with Crippen LogP contribution >= 0.6 is 11.8 Å². The first-order chi connectivity index (χ1) is 21.0. The summed E-state index contributed by atoms with van der Waals surface area (Å²) < 4.78 is 47.9.